The molecular weight excluding hydrogens is 406 g/mol. The molecule has 0 bridgehead atoms. The van der Waals surface area contributed by atoms with Gasteiger partial charge in [0.2, 0.25) is 0 Å². The monoisotopic (exact) mass is 433 g/mol. The molecule has 0 aliphatic carbocycles. The standard InChI is InChI=1S/C22H27NO6S/c1-6-28-17-10-8-16(9-11-17)23-30(26,27)18-12-7-15(2)19(13-18)21(25)29-14-20(24)22(3,4)5/h7-13,23H,6,14H2,1-5H3. The molecule has 2 rings (SSSR count). The second-order valence-corrected chi connectivity index (χ2v) is 9.47. The number of carbonyl (C=O) groups is 2. The fraction of sp³-hybridized carbons (Fsp3) is 0.364. The van der Waals surface area contributed by atoms with Crippen LogP contribution in [0.4, 0.5) is 5.69 Å². The normalized spacial score (nSPS) is 11.6. The van der Waals surface area contributed by atoms with E-state index in [-0.39, 0.29) is 22.8 Å². The number of nitrogens with one attached hydrogen (secondary N) is 1. The van der Waals surface area contributed by atoms with Crippen molar-refractivity contribution in [3.05, 3.63) is 53.6 Å². The number of ether oxygens (including phenoxy) is 2. The Balaban J connectivity index is 2.19. The number of Topliss-reactive ketones (excluding diaryl/α,β-unsaturated/α-hetero) is 1. The van der Waals surface area contributed by atoms with E-state index in [0.717, 1.165) is 0 Å². The van der Waals surface area contributed by atoms with E-state index >= 15 is 0 Å². The molecular formula is C22H27NO6S. The van der Waals surface area contributed by atoms with Crippen LogP contribution < -0.4 is 9.46 Å². The molecule has 1 N–H and O–H groups in total. The van der Waals surface area contributed by atoms with Crippen LogP contribution in [0.5, 0.6) is 5.75 Å². The van der Waals surface area contributed by atoms with Gasteiger partial charge in [0, 0.05) is 11.1 Å². The molecule has 30 heavy (non-hydrogen) atoms. The molecule has 0 heterocycles. The van der Waals surface area contributed by atoms with Crippen molar-refractivity contribution in [2.24, 2.45) is 5.41 Å². The minimum atomic E-state index is -3.93. The second-order valence-electron chi connectivity index (χ2n) is 7.79. The summed E-state index contributed by atoms with van der Waals surface area (Å²) in [7, 11) is -3.93. The van der Waals surface area contributed by atoms with Gasteiger partial charge in [-0.3, -0.25) is 9.52 Å². The van der Waals surface area contributed by atoms with Gasteiger partial charge in [0.1, 0.15) is 5.75 Å². The van der Waals surface area contributed by atoms with Crippen molar-refractivity contribution in [1.82, 2.24) is 0 Å². The van der Waals surface area contributed by atoms with Crippen LogP contribution in [0, 0.1) is 12.3 Å². The maximum absolute atomic E-state index is 12.7. The first-order valence-corrected chi connectivity index (χ1v) is 11.0. The first-order chi connectivity index (χ1) is 13.9. The van der Waals surface area contributed by atoms with Crippen molar-refractivity contribution < 1.29 is 27.5 Å². The molecule has 0 spiro atoms. The van der Waals surface area contributed by atoms with Gasteiger partial charge in [0.15, 0.2) is 12.4 Å². The molecule has 8 heteroatoms. The summed E-state index contributed by atoms with van der Waals surface area (Å²) < 4.78 is 38.4. The third-order valence-corrected chi connectivity index (χ3v) is 5.71. The highest BCUT2D eigenvalue weighted by Gasteiger charge is 2.24. The Hall–Kier alpha value is -2.87. The van der Waals surface area contributed by atoms with E-state index in [1.165, 1.54) is 18.2 Å². The molecule has 0 saturated carbocycles. The topological polar surface area (TPSA) is 98.8 Å². The third-order valence-electron chi connectivity index (χ3n) is 4.33. The van der Waals surface area contributed by atoms with E-state index in [4.69, 9.17) is 9.47 Å². The Bertz CT molecular complexity index is 1020. The Morgan fingerprint density at radius 2 is 1.67 bits per heavy atom. The highest BCUT2D eigenvalue weighted by molar-refractivity contribution is 7.92. The van der Waals surface area contributed by atoms with Crippen LogP contribution >= 0.6 is 0 Å². The number of hydrogen-bond acceptors (Lipinski definition) is 6. The second kappa shape index (κ2) is 9.30. The Morgan fingerprint density at radius 1 is 1.03 bits per heavy atom. The van der Waals surface area contributed by atoms with Crippen molar-refractivity contribution in [1.29, 1.82) is 0 Å². The maximum atomic E-state index is 12.7. The van der Waals surface area contributed by atoms with Crippen LogP contribution in [0.15, 0.2) is 47.4 Å². The molecule has 0 aliphatic rings. The van der Waals surface area contributed by atoms with E-state index in [1.807, 2.05) is 6.92 Å². The number of ketones is 1. The Kier molecular flexibility index (Phi) is 7.25. The van der Waals surface area contributed by atoms with Crippen LogP contribution in [0.3, 0.4) is 0 Å². The van der Waals surface area contributed by atoms with Gasteiger partial charge in [-0.2, -0.15) is 0 Å². The number of aryl methyl sites for hydroxylation is 1. The van der Waals surface area contributed by atoms with Gasteiger partial charge in [-0.15, -0.1) is 0 Å². The van der Waals surface area contributed by atoms with E-state index < -0.39 is 21.4 Å². The molecule has 2 aromatic rings. The SMILES string of the molecule is CCOc1ccc(NS(=O)(=O)c2ccc(C)c(C(=O)OCC(=O)C(C)(C)C)c2)cc1. The lowest BCUT2D eigenvalue weighted by molar-refractivity contribution is -0.129. The number of rotatable bonds is 8. The number of esters is 1. The van der Waals surface area contributed by atoms with Crippen LogP contribution in [0.1, 0.15) is 43.6 Å². The fourth-order valence-electron chi connectivity index (χ4n) is 2.41. The third kappa shape index (κ3) is 6.06. The van der Waals surface area contributed by atoms with Gasteiger partial charge in [-0.05, 0) is 55.8 Å². The first kappa shape index (κ1) is 23.4. The van der Waals surface area contributed by atoms with Crippen molar-refractivity contribution in [2.75, 3.05) is 17.9 Å². The summed E-state index contributed by atoms with van der Waals surface area (Å²) in [5.74, 6) is -0.344. The molecule has 0 aromatic heterocycles. The van der Waals surface area contributed by atoms with Crippen LogP contribution in [0.2, 0.25) is 0 Å². The van der Waals surface area contributed by atoms with Gasteiger partial charge in [0.05, 0.1) is 17.1 Å². The summed E-state index contributed by atoms with van der Waals surface area (Å²) >= 11 is 0. The van der Waals surface area contributed by atoms with Crippen molar-refractivity contribution in [3.63, 3.8) is 0 Å². The minimum Gasteiger partial charge on any atom is -0.494 e. The maximum Gasteiger partial charge on any atom is 0.338 e. The summed E-state index contributed by atoms with van der Waals surface area (Å²) in [5.41, 5.74) is 0.357. The number of hydrogen-bond donors (Lipinski definition) is 1. The molecule has 2 aromatic carbocycles. The molecule has 0 amide bonds. The largest absolute Gasteiger partial charge is 0.494 e. The highest BCUT2D eigenvalue weighted by atomic mass is 32.2. The zero-order valence-electron chi connectivity index (χ0n) is 17.8. The number of sulfonamides is 1. The number of benzene rings is 2. The lowest BCUT2D eigenvalue weighted by Crippen LogP contribution is -2.26. The lowest BCUT2D eigenvalue weighted by Gasteiger charge is -2.16. The van der Waals surface area contributed by atoms with Gasteiger partial charge in [0.25, 0.3) is 10.0 Å². The molecule has 0 atom stereocenters. The Morgan fingerprint density at radius 3 is 2.23 bits per heavy atom. The van der Waals surface area contributed by atoms with Gasteiger partial charge < -0.3 is 9.47 Å². The zero-order valence-corrected chi connectivity index (χ0v) is 18.6. The summed E-state index contributed by atoms with van der Waals surface area (Å²) in [4.78, 5) is 24.3. The molecule has 0 aliphatic heterocycles. The van der Waals surface area contributed by atoms with E-state index in [2.05, 4.69) is 4.72 Å². The van der Waals surface area contributed by atoms with E-state index in [0.29, 0.717) is 23.6 Å². The van der Waals surface area contributed by atoms with Gasteiger partial charge in [-0.25, -0.2) is 13.2 Å². The minimum absolute atomic E-state index is 0.0870. The van der Waals surface area contributed by atoms with Gasteiger partial charge >= 0.3 is 5.97 Å². The van der Waals surface area contributed by atoms with Crippen molar-refractivity contribution >= 4 is 27.5 Å². The molecule has 162 valence electrons. The highest BCUT2D eigenvalue weighted by Crippen LogP contribution is 2.22. The average molecular weight is 434 g/mol. The van der Waals surface area contributed by atoms with E-state index in [1.54, 1.807) is 52.0 Å². The quantitative estimate of drug-likeness (QED) is 0.633. The predicted octanol–water partition coefficient (Wildman–Crippen LogP) is 3.97. The van der Waals surface area contributed by atoms with Crippen LogP contribution in [-0.2, 0) is 19.6 Å². The predicted molar refractivity (Wildman–Crippen MR) is 114 cm³/mol. The summed E-state index contributed by atoms with van der Waals surface area (Å²) in [6.45, 7) is 8.85. The lowest BCUT2D eigenvalue weighted by atomic mass is 9.91. The molecule has 0 fully saturated rings. The Labute approximate surface area is 177 Å². The van der Waals surface area contributed by atoms with E-state index in [9.17, 15) is 18.0 Å². The molecule has 0 unspecified atom stereocenters. The number of anilines is 1. The smallest absolute Gasteiger partial charge is 0.338 e. The first-order valence-electron chi connectivity index (χ1n) is 9.51. The van der Waals surface area contributed by atoms with Crippen LogP contribution in [0.25, 0.3) is 0 Å². The summed E-state index contributed by atoms with van der Waals surface area (Å²) in [6.07, 6.45) is 0. The summed E-state index contributed by atoms with van der Waals surface area (Å²) in [6, 6.07) is 10.7. The average Bonchev–Trinajstić information content (AvgIpc) is 2.66. The molecule has 0 radical (unpaired) electrons. The van der Waals surface area contributed by atoms with Crippen molar-refractivity contribution in [3.8, 4) is 5.75 Å². The summed E-state index contributed by atoms with van der Waals surface area (Å²) in [5, 5.41) is 0. The number of carbonyl (C=O) groups excluding carboxylic acids is 2. The van der Waals surface area contributed by atoms with Crippen LogP contribution in [-0.4, -0.2) is 33.4 Å². The zero-order chi connectivity index (χ0) is 22.5. The molecule has 0 saturated heterocycles. The molecule has 7 nitrogen and oxygen atoms in total. The van der Waals surface area contributed by atoms with Crippen molar-refractivity contribution in [2.45, 2.75) is 39.5 Å². The fourth-order valence-corrected chi connectivity index (χ4v) is 3.50. The van der Waals surface area contributed by atoms with Gasteiger partial charge in [-0.1, -0.05) is 26.8 Å².